The largest absolute Gasteiger partial charge is 0.573 e. The van der Waals surface area contributed by atoms with Crippen molar-refractivity contribution in [2.75, 3.05) is 11.4 Å². The van der Waals surface area contributed by atoms with E-state index in [0.717, 1.165) is 0 Å². The standard InChI is InChI=1S/C23H19F3N4O3/c1-13-20-16(12-17(19-6-4-10-32-19)27-21(20)29(2)28-13)22(31)30-9-3-5-14-11-15(7-8-18(14)30)33-23(24,25)26/h4,6-8,10-12H,3,5,9H2,1-2H3. The molecule has 0 atom stereocenters. The molecule has 1 amide bonds. The Labute approximate surface area is 186 Å². The fourth-order valence-electron chi connectivity index (χ4n) is 4.29. The highest BCUT2D eigenvalue weighted by Crippen LogP contribution is 2.35. The second-order valence-electron chi connectivity index (χ2n) is 7.84. The number of hydrogen-bond acceptors (Lipinski definition) is 5. The molecule has 0 bridgehead atoms. The second kappa shape index (κ2) is 7.65. The third-order valence-electron chi connectivity index (χ3n) is 5.62. The van der Waals surface area contributed by atoms with Crippen molar-refractivity contribution in [1.82, 2.24) is 14.8 Å². The van der Waals surface area contributed by atoms with Crippen molar-refractivity contribution in [2.24, 2.45) is 7.05 Å². The molecule has 0 fully saturated rings. The van der Waals surface area contributed by atoms with Gasteiger partial charge in [-0.05, 0) is 61.7 Å². The SMILES string of the molecule is Cc1nn(C)c2nc(-c3ccco3)cc(C(=O)N3CCCc4cc(OC(F)(F)F)ccc43)c12. The van der Waals surface area contributed by atoms with Gasteiger partial charge in [0.25, 0.3) is 5.91 Å². The summed E-state index contributed by atoms with van der Waals surface area (Å²) in [7, 11) is 1.75. The number of amides is 1. The van der Waals surface area contributed by atoms with Crippen LogP contribution in [-0.2, 0) is 13.5 Å². The molecular formula is C23H19F3N4O3. The van der Waals surface area contributed by atoms with Crippen LogP contribution in [0.3, 0.4) is 0 Å². The number of anilines is 1. The molecule has 0 saturated heterocycles. The van der Waals surface area contributed by atoms with Crippen molar-refractivity contribution in [3.05, 3.63) is 59.5 Å². The summed E-state index contributed by atoms with van der Waals surface area (Å²) in [5.41, 5.74) is 3.27. The van der Waals surface area contributed by atoms with Crippen LogP contribution in [0.25, 0.3) is 22.5 Å². The van der Waals surface area contributed by atoms with Crippen LogP contribution in [0.15, 0.2) is 47.1 Å². The zero-order valence-corrected chi connectivity index (χ0v) is 17.8. The number of halogens is 3. The molecule has 4 aromatic rings. The fourth-order valence-corrected chi connectivity index (χ4v) is 4.29. The maximum Gasteiger partial charge on any atom is 0.573 e. The Bertz CT molecular complexity index is 1360. The molecule has 1 aliphatic rings. The van der Waals surface area contributed by atoms with Crippen LogP contribution in [0.2, 0.25) is 0 Å². The van der Waals surface area contributed by atoms with Gasteiger partial charge >= 0.3 is 6.36 Å². The average molecular weight is 456 g/mol. The molecule has 1 aromatic carbocycles. The molecule has 0 saturated carbocycles. The lowest BCUT2D eigenvalue weighted by Crippen LogP contribution is -2.35. The summed E-state index contributed by atoms with van der Waals surface area (Å²) in [6.45, 7) is 2.24. The second-order valence-corrected chi connectivity index (χ2v) is 7.84. The van der Waals surface area contributed by atoms with Crippen LogP contribution >= 0.6 is 0 Å². The Balaban J connectivity index is 1.60. The van der Waals surface area contributed by atoms with E-state index >= 15 is 0 Å². The number of nitrogens with zero attached hydrogens (tertiary/aromatic N) is 4. The maximum absolute atomic E-state index is 13.8. The van der Waals surface area contributed by atoms with Crippen LogP contribution in [0.5, 0.6) is 5.75 Å². The minimum Gasteiger partial charge on any atom is -0.463 e. The third kappa shape index (κ3) is 3.81. The number of furan rings is 1. The monoisotopic (exact) mass is 456 g/mol. The minimum atomic E-state index is -4.78. The van der Waals surface area contributed by atoms with E-state index in [0.29, 0.717) is 64.4 Å². The van der Waals surface area contributed by atoms with Gasteiger partial charge in [-0.1, -0.05) is 0 Å². The van der Waals surface area contributed by atoms with E-state index in [1.54, 1.807) is 41.8 Å². The first-order chi connectivity index (χ1) is 15.7. The van der Waals surface area contributed by atoms with E-state index in [2.05, 4.69) is 14.8 Å². The smallest absolute Gasteiger partial charge is 0.463 e. The summed E-state index contributed by atoms with van der Waals surface area (Å²) in [6.07, 6.45) is -2.09. The van der Waals surface area contributed by atoms with Crippen molar-refractivity contribution in [3.8, 4) is 17.2 Å². The zero-order chi connectivity index (χ0) is 23.3. The van der Waals surface area contributed by atoms with Gasteiger partial charge in [0, 0.05) is 19.3 Å². The first-order valence-corrected chi connectivity index (χ1v) is 10.3. The predicted molar refractivity (Wildman–Crippen MR) is 114 cm³/mol. The molecular weight excluding hydrogens is 437 g/mol. The van der Waals surface area contributed by atoms with Gasteiger partial charge in [-0.3, -0.25) is 9.48 Å². The van der Waals surface area contributed by atoms with Crippen LogP contribution in [-0.4, -0.2) is 33.6 Å². The van der Waals surface area contributed by atoms with Crippen LogP contribution < -0.4 is 9.64 Å². The number of carbonyl (C=O) groups is 1. The normalized spacial score (nSPS) is 13.9. The Kier molecular flexibility index (Phi) is 4.88. The molecule has 5 rings (SSSR count). The number of ether oxygens (including phenoxy) is 1. The molecule has 0 unspecified atom stereocenters. The van der Waals surface area contributed by atoms with Crippen LogP contribution in [0.1, 0.15) is 28.0 Å². The fraction of sp³-hybridized carbons (Fsp3) is 0.261. The van der Waals surface area contributed by atoms with Gasteiger partial charge in [-0.25, -0.2) is 4.98 Å². The van der Waals surface area contributed by atoms with Gasteiger partial charge in [-0.2, -0.15) is 5.10 Å². The minimum absolute atomic E-state index is 0.281. The number of benzene rings is 1. The van der Waals surface area contributed by atoms with Crippen molar-refractivity contribution >= 4 is 22.6 Å². The van der Waals surface area contributed by atoms with Gasteiger partial charge < -0.3 is 14.1 Å². The van der Waals surface area contributed by atoms with Gasteiger partial charge in [0.1, 0.15) is 11.4 Å². The number of aryl methyl sites for hydroxylation is 3. The lowest BCUT2D eigenvalue weighted by molar-refractivity contribution is -0.274. The van der Waals surface area contributed by atoms with Crippen molar-refractivity contribution in [3.63, 3.8) is 0 Å². The number of fused-ring (bicyclic) bond motifs is 2. The highest BCUT2D eigenvalue weighted by molar-refractivity contribution is 6.14. The molecule has 0 radical (unpaired) electrons. The summed E-state index contributed by atoms with van der Waals surface area (Å²) in [5, 5.41) is 5.05. The molecule has 33 heavy (non-hydrogen) atoms. The molecule has 7 nitrogen and oxygen atoms in total. The Morgan fingerprint density at radius 2 is 2.03 bits per heavy atom. The molecule has 0 N–H and O–H groups in total. The molecule has 170 valence electrons. The predicted octanol–water partition coefficient (Wildman–Crippen LogP) is 5.03. The number of pyridine rings is 1. The van der Waals surface area contributed by atoms with E-state index in [-0.39, 0.29) is 11.7 Å². The first kappa shape index (κ1) is 21.0. The molecule has 4 heterocycles. The lowest BCUT2D eigenvalue weighted by Gasteiger charge is -2.30. The topological polar surface area (TPSA) is 73.4 Å². The van der Waals surface area contributed by atoms with E-state index in [1.807, 2.05) is 0 Å². The van der Waals surface area contributed by atoms with Gasteiger partial charge in [0.05, 0.1) is 22.9 Å². The summed E-state index contributed by atoms with van der Waals surface area (Å²) in [6, 6.07) is 9.23. The number of aromatic nitrogens is 3. The quantitative estimate of drug-likeness (QED) is 0.433. The summed E-state index contributed by atoms with van der Waals surface area (Å²) in [4.78, 5) is 20.0. The summed E-state index contributed by atoms with van der Waals surface area (Å²) >= 11 is 0. The van der Waals surface area contributed by atoms with Crippen LogP contribution in [0, 0.1) is 6.92 Å². The summed E-state index contributed by atoms with van der Waals surface area (Å²) < 4.78 is 49.0. The van der Waals surface area contributed by atoms with Gasteiger partial charge in [-0.15, -0.1) is 13.2 Å². The van der Waals surface area contributed by atoms with E-state index < -0.39 is 6.36 Å². The molecule has 10 heteroatoms. The van der Waals surface area contributed by atoms with Crippen molar-refractivity contribution in [2.45, 2.75) is 26.1 Å². The molecule has 0 spiro atoms. The highest BCUT2D eigenvalue weighted by Gasteiger charge is 2.32. The van der Waals surface area contributed by atoms with E-state index in [4.69, 9.17) is 4.42 Å². The molecule has 0 aliphatic carbocycles. The number of rotatable bonds is 3. The van der Waals surface area contributed by atoms with Crippen molar-refractivity contribution < 1.29 is 27.1 Å². The van der Waals surface area contributed by atoms with E-state index in [9.17, 15) is 18.0 Å². The maximum atomic E-state index is 13.8. The summed E-state index contributed by atoms with van der Waals surface area (Å²) in [5.74, 6) is -0.0698. The van der Waals surface area contributed by atoms with E-state index in [1.165, 1.54) is 24.5 Å². The third-order valence-corrected chi connectivity index (χ3v) is 5.62. The first-order valence-electron chi connectivity index (χ1n) is 10.3. The number of alkyl halides is 3. The zero-order valence-electron chi connectivity index (χ0n) is 17.8. The van der Waals surface area contributed by atoms with Gasteiger partial charge in [0.2, 0.25) is 0 Å². The van der Waals surface area contributed by atoms with Crippen molar-refractivity contribution in [1.29, 1.82) is 0 Å². The Morgan fingerprint density at radius 1 is 1.21 bits per heavy atom. The van der Waals surface area contributed by atoms with Crippen LogP contribution in [0.4, 0.5) is 18.9 Å². The average Bonchev–Trinajstić information content (AvgIpc) is 3.39. The number of carbonyl (C=O) groups excluding carboxylic acids is 1. The highest BCUT2D eigenvalue weighted by atomic mass is 19.4. The molecule has 1 aliphatic heterocycles. The van der Waals surface area contributed by atoms with Gasteiger partial charge in [0.15, 0.2) is 11.4 Å². The Morgan fingerprint density at radius 3 is 2.76 bits per heavy atom. The number of hydrogen-bond donors (Lipinski definition) is 0. The Hall–Kier alpha value is -3.82. The lowest BCUT2D eigenvalue weighted by atomic mass is 9.99. The molecule has 3 aromatic heterocycles.